The Morgan fingerprint density at radius 1 is 1.16 bits per heavy atom. The number of para-hydroxylation sites is 1. The van der Waals surface area contributed by atoms with Gasteiger partial charge in [-0.05, 0) is 68.5 Å². The number of nitrogens with zero attached hydrogens (tertiary/aromatic N) is 3. The molecular formula is C25H30FN3O2. The molecule has 1 fully saturated rings. The Balaban J connectivity index is 1.69. The predicted molar refractivity (Wildman–Crippen MR) is 119 cm³/mol. The van der Waals surface area contributed by atoms with Crippen molar-refractivity contribution in [3.8, 4) is 17.3 Å². The maximum absolute atomic E-state index is 13.4. The second-order valence-electron chi connectivity index (χ2n) is 8.37. The van der Waals surface area contributed by atoms with E-state index in [0.29, 0.717) is 30.6 Å². The average Bonchev–Trinajstić information content (AvgIpc) is 3.55. The number of hydrogen-bond acceptors (Lipinski definition) is 4. The van der Waals surface area contributed by atoms with Gasteiger partial charge in [0, 0.05) is 19.6 Å². The van der Waals surface area contributed by atoms with Gasteiger partial charge in [-0.25, -0.2) is 9.07 Å². The van der Waals surface area contributed by atoms with E-state index in [2.05, 4.69) is 4.90 Å². The summed E-state index contributed by atoms with van der Waals surface area (Å²) in [5.74, 6) is 1.59. The summed E-state index contributed by atoms with van der Waals surface area (Å²) in [7, 11) is 0. The van der Waals surface area contributed by atoms with E-state index >= 15 is 0 Å². The van der Waals surface area contributed by atoms with Gasteiger partial charge in [0.1, 0.15) is 11.6 Å². The first-order valence-electron chi connectivity index (χ1n) is 11.0. The molecule has 1 heterocycles. The van der Waals surface area contributed by atoms with Crippen LogP contribution >= 0.6 is 0 Å². The number of benzene rings is 2. The summed E-state index contributed by atoms with van der Waals surface area (Å²) < 4.78 is 21.5. The molecule has 1 atom stereocenters. The van der Waals surface area contributed by atoms with Crippen LogP contribution in [0.4, 0.5) is 4.39 Å². The fraction of sp³-hybridized carbons (Fsp3) is 0.400. The van der Waals surface area contributed by atoms with Gasteiger partial charge in [-0.2, -0.15) is 5.10 Å². The molecule has 0 bridgehead atoms. The summed E-state index contributed by atoms with van der Waals surface area (Å²) >= 11 is 0. The Morgan fingerprint density at radius 2 is 1.87 bits per heavy atom. The Labute approximate surface area is 183 Å². The van der Waals surface area contributed by atoms with E-state index in [1.807, 2.05) is 44.2 Å². The molecule has 1 aliphatic carbocycles. The Bertz CT molecular complexity index is 984. The van der Waals surface area contributed by atoms with E-state index < -0.39 is 0 Å². The first kappa shape index (κ1) is 21.5. The van der Waals surface area contributed by atoms with Crippen LogP contribution in [0.1, 0.15) is 37.4 Å². The minimum Gasteiger partial charge on any atom is -0.439 e. The van der Waals surface area contributed by atoms with Gasteiger partial charge < -0.3 is 9.84 Å². The van der Waals surface area contributed by atoms with Gasteiger partial charge in [-0.3, -0.25) is 4.90 Å². The van der Waals surface area contributed by atoms with Crippen LogP contribution in [0, 0.1) is 18.7 Å². The summed E-state index contributed by atoms with van der Waals surface area (Å²) in [6.45, 7) is 6.21. The third-order valence-electron chi connectivity index (χ3n) is 5.70. The van der Waals surface area contributed by atoms with Crippen LogP contribution in [0.3, 0.4) is 0 Å². The predicted octanol–water partition coefficient (Wildman–Crippen LogP) is 5.10. The van der Waals surface area contributed by atoms with Crippen LogP contribution in [0.25, 0.3) is 5.69 Å². The molecule has 3 aromatic rings. The highest BCUT2D eigenvalue weighted by molar-refractivity contribution is 5.43. The monoisotopic (exact) mass is 423 g/mol. The third-order valence-corrected chi connectivity index (χ3v) is 5.70. The van der Waals surface area contributed by atoms with Gasteiger partial charge in [0.05, 0.1) is 23.0 Å². The van der Waals surface area contributed by atoms with Crippen molar-refractivity contribution in [2.45, 2.75) is 45.8 Å². The van der Waals surface area contributed by atoms with Crippen molar-refractivity contribution in [2.75, 3.05) is 13.1 Å². The number of aromatic nitrogens is 2. The highest BCUT2D eigenvalue weighted by Gasteiger charge is 2.28. The number of aliphatic hydroxyl groups is 1. The zero-order valence-electron chi connectivity index (χ0n) is 18.2. The third kappa shape index (κ3) is 5.51. The van der Waals surface area contributed by atoms with Crippen LogP contribution < -0.4 is 4.74 Å². The lowest BCUT2D eigenvalue weighted by Crippen LogP contribution is -2.33. The van der Waals surface area contributed by atoms with E-state index in [4.69, 9.17) is 9.84 Å². The Kier molecular flexibility index (Phi) is 6.68. The standard InChI is InChI=1S/C25H30FN3O2/c1-3-22(30)16-28(15-19-9-10-19)17-24-18(2)27-29(21-7-5-4-6-8-21)25(24)31-23-13-11-20(26)12-14-23/h4-8,11-14,19,22,30H,3,9-10,15-17H2,1-2H3. The Morgan fingerprint density at radius 3 is 2.52 bits per heavy atom. The van der Waals surface area contributed by atoms with E-state index in [9.17, 15) is 9.50 Å². The first-order chi connectivity index (χ1) is 15.0. The number of halogens is 1. The lowest BCUT2D eigenvalue weighted by molar-refractivity contribution is 0.102. The zero-order valence-corrected chi connectivity index (χ0v) is 18.2. The highest BCUT2D eigenvalue weighted by atomic mass is 19.1. The summed E-state index contributed by atoms with van der Waals surface area (Å²) in [6.07, 6.45) is 2.87. The number of ether oxygens (including phenoxy) is 1. The zero-order chi connectivity index (χ0) is 21.8. The molecule has 1 aromatic heterocycles. The molecule has 0 spiro atoms. The molecule has 1 aliphatic rings. The molecule has 31 heavy (non-hydrogen) atoms. The van der Waals surface area contributed by atoms with Crippen molar-refractivity contribution in [3.63, 3.8) is 0 Å². The fourth-order valence-electron chi connectivity index (χ4n) is 3.70. The molecule has 0 aliphatic heterocycles. The summed E-state index contributed by atoms with van der Waals surface area (Å²) in [6, 6.07) is 15.9. The fourth-order valence-corrected chi connectivity index (χ4v) is 3.70. The Hall–Kier alpha value is -2.70. The molecule has 2 aromatic carbocycles. The molecule has 0 amide bonds. The molecule has 5 nitrogen and oxygen atoms in total. The van der Waals surface area contributed by atoms with Crippen molar-refractivity contribution >= 4 is 0 Å². The largest absolute Gasteiger partial charge is 0.439 e. The normalized spacial score (nSPS) is 14.7. The molecule has 1 saturated carbocycles. The van der Waals surface area contributed by atoms with Crippen molar-refractivity contribution in [3.05, 3.63) is 71.7 Å². The van der Waals surface area contributed by atoms with E-state index in [1.165, 1.54) is 25.0 Å². The smallest absolute Gasteiger partial charge is 0.227 e. The highest BCUT2D eigenvalue weighted by Crippen LogP contribution is 2.34. The molecule has 4 rings (SSSR count). The SMILES string of the molecule is CCC(O)CN(Cc1c(C)nn(-c2ccccc2)c1Oc1ccc(F)cc1)CC1CC1. The van der Waals surface area contributed by atoms with Crippen LogP contribution in [0.2, 0.25) is 0 Å². The number of hydrogen-bond donors (Lipinski definition) is 1. The second-order valence-corrected chi connectivity index (χ2v) is 8.37. The van der Waals surface area contributed by atoms with E-state index in [0.717, 1.165) is 29.9 Å². The van der Waals surface area contributed by atoms with Crippen molar-refractivity contribution in [1.82, 2.24) is 14.7 Å². The van der Waals surface area contributed by atoms with Crippen LogP contribution in [0.15, 0.2) is 54.6 Å². The minimum absolute atomic E-state index is 0.301. The maximum Gasteiger partial charge on any atom is 0.227 e. The number of aryl methyl sites for hydroxylation is 1. The lowest BCUT2D eigenvalue weighted by Gasteiger charge is -2.25. The van der Waals surface area contributed by atoms with Crippen LogP contribution in [-0.4, -0.2) is 39.0 Å². The summed E-state index contributed by atoms with van der Waals surface area (Å²) in [5.41, 5.74) is 2.76. The van der Waals surface area contributed by atoms with Crippen molar-refractivity contribution in [2.24, 2.45) is 5.92 Å². The van der Waals surface area contributed by atoms with Gasteiger partial charge in [0.2, 0.25) is 5.88 Å². The number of aliphatic hydroxyl groups excluding tert-OH is 1. The molecule has 0 radical (unpaired) electrons. The molecule has 1 N–H and O–H groups in total. The topological polar surface area (TPSA) is 50.5 Å². The molecule has 164 valence electrons. The minimum atomic E-state index is -0.357. The van der Waals surface area contributed by atoms with Gasteiger partial charge in [0.15, 0.2) is 0 Å². The first-order valence-corrected chi connectivity index (χ1v) is 11.0. The van der Waals surface area contributed by atoms with Crippen LogP contribution in [0.5, 0.6) is 11.6 Å². The number of rotatable bonds is 10. The molecule has 1 unspecified atom stereocenters. The quantitative estimate of drug-likeness (QED) is 0.493. The van der Waals surface area contributed by atoms with E-state index in [1.54, 1.807) is 16.8 Å². The van der Waals surface area contributed by atoms with Gasteiger partial charge in [-0.15, -0.1) is 0 Å². The van der Waals surface area contributed by atoms with Gasteiger partial charge in [0.25, 0.3) is 0 Å². The summed E-state index contributed by atoms with van der Waals surface area (Å²) in [4.78, 5) is 2.31. The molecule has 6 heteroatoms. The van der Waals surface area contributed by atoms with Crippen molar-refractivity contribution < 1.29 is 14.2 Å². The van der Waals surface area contributed by atoms with Gasteiger partial charge >= 0.3 is 0 Å². The van der Waals surface area contributed by atoms with Crippen LogP contribution in [-0.2, 0) is 6.54 Å². The molecular weight excluding hydrogens is 393 g/mol. The van der Waals surface area contributed by atoms with Gasteiger partial charge in [-0.1, -0.05) is 25.1 Å². The lowest BCUT2D eigenvalue weighted by atomic mass is 10.2. The van der Waals surface area contributed by atoms with Crippen molar-refractivity contribution in [1.29, 1.82) is 0 Å². The second kappa shape index (κ2) is 9.62. The maximum atomic E-state index is 13.4. The molecule has 0 saturated heterocycles. The average molecular weight is 424 g/mol. The van der Waals surface area contributed by atoms with E-state index in [-0.39, 0.29) is 11.9 Å². The summed E-state index contributed by atoms with van der Waals surface area (Å²) in [5, 5.41) is 15.1.